The highest BCUT2D eigenvalue weighted by Gasteiger charge is 2.44. The van der Waals surface area contributed by atoms with E-state index in [0.29, 0.717) is 30.6 Å². The largest absolute Gasteiger partial charge is 0.481 e. The van der Waals surface area contributed by atoms with Gasteiger partial charge in [0.2, 0.25) is 0 Å². The first-order chi connectivity index (χ1) is 8.96. The molecule has 0 saturated heterocycles. The van der Waals surface area contributed by atoms with E-state index in [-0.39, 0.29) is 5.69 Å². The van der Waals surface area contributed by atoms with E-state index in [9.17, 15) is 20.0 Å². The summed E-state index contributed by atoms with van der Waals surface area (Å²) in [6.45, 7) is 1.97. The molecule has 2 N–H and O–H groups in total. The Balaban J connectivity index is 2.14. The van der Waals surface area contributed by atoms with Crippen LogP contribution in [0.15, 0.2) is 18.2 Å². The first kappa shape index (κ1) is 13.3. The topological polar surface area (TPSA) is 92.5 Å². The molecule has 0 aliphatic heterocycles. The van der Waals surface area contributed by atoms with Gasteiger partial charge in [-0.1, -0.05) is 12.5 Å². The fraction of sp³-hybridized carbons (Fsp3) is 0.462. The number of carbonyl (C=O) groups is 1. The number of carboxylic acids is 1. The normalized spacial score (nSPS) is 16.5. The second-order valence-electron chi connectivity index (χ2n) is 5.00. The molecule has 1 aromatic rings. The molecule has 1 saturated carbocycles. The molecule has 19 heavy (non-hydrogen) atoms. The number of nitro groups is 1. The molecule has 6 heteroatoms. The fourth-order valence-electron chi connectivity index (χ4n) is 2.35. The van der Waals surface area contributed by atoms with Crippen molar-refractivity contribution in [2.75, 3.05) is 11.9 Å². The lowest BCUT2D eigenvalue weighted by atomic mass is 9.69. The molecular formula is C13H16N2O4. The van der Waals surface area contributed by atoms with E-state index >= 15 is 0 Å². The molecule has 0 bridgehead atoms. The van der Waals surface area contributed by atoms with Gasteiger partial charge in [0.25, 0.3) is 5.69 Å². The Morgan fingerprint density at radius 1 is 1.53 bits per heavy atom. The number of hydrogen-bond donors (Lipinski definition) is 2. The van der Waals surface area contributed by atoms with Crippen LogP contribution in [0.4, 0.5) is 11.4 Å². The molecule has 102 valence electrons. The molecule has 0 spiro atoms. The highest BCUT2D eigenvalue weighted by Crippen LogP contribution is 2.41. The van der Waals surface area contributed by atoms with Crippen LogP contribution in [0.25, 0.3) is 0 Å². The van der Waals surface area contributed by atoms with Gasteiger partial charge >= 0.3 is 5.97 Å². The van der Waals surface area contributed by atoms with E-state index < -0.39 is 16.3 Å². The van der Waals surface area contributed by atoms with Crippen LogP contribution >= 0.6 is 0 Å². The summed E-state index contributed by atoms with van der Waals surface area (Å²) in [6, 6.07) is 4.77. The Labute approximate surface area is 110 Å². The predicted octanol–water partition coefficient (Wildman–Crippen LogP) is 2.57. The minimum atomic E-state index is -0.797. The first-order valence-corrected chi connectivity index (χ1v) is 6.17. The van der Waals surface area contributed by atoms with Crippen LogP contribution in [0.2, 0.25) is 0 Å². The lowest BCUT2D eigenvalue weighted by Crippen LogP contribution is -2.43. The predicted molar refractivity (Wildman–Crippen MR) is 70.2 cm³/mol. The average Bonchev–Trinajstić information content (AvgIpc) is 2.28. The maximum absolute atomic E-state index is 11.2. The van der Waals surface area contributed by atoms with Gasteiger partial charge < -0.3 is 10.4 Å². The summed E-state index contributed by atoms with van der Waals surface area (Å²) in [7, 11) is 0. The lowest BCUT2D eigenvalue weighted by molar-refractivity contribution is -0.385. The number of nitrogens with one attached hydrogen (secondary N) is 1. The molecule has 1 aliphatic rings. The molecule has 0 unspecified atom stereocenters. The Kier molecular flexibility index (Phi) is 3.42. The van der Waals surface area contributed by atoms with Crippen molar-refractivity contribution in [1.29, 1.82) is 0 Å². The van der Waals surface area contributed by atoms with Crippen LogP contribution in [-0.2, 0) is 4.79 Å². The van der Waals surface area contributed by atoms with Crippen molar-refractivity contribution in [3.8, 4) is 0 Å². The number of carboxylic acid groups (broad SMARTS) is 1. The van der Waals surface area contributed by atoms with Gasteiger partial charge in [0, 0.05) is 23.9 Å². The zero-order valence-corrected chi connectivity index (χ0v) is 10.7. The first-order valence-electron chi connectivity index (χ1n) is 6.17. The van der Waals surface area contributed by atoms with Crippen LogP contribution in [0, 0.1) is 22.5 Å². The van der Waals surface area contributed by atoms with Gasteiger partial charge in [0.15, 0.2) is 0 Å². The van der Waals surface area contributed by atoms with Crippen molar-refractivity contribution in [2.45, 2.75) is 26.2 Å². The van der Waals surface area contributed by atoms with Crippen molar-refractivity contribution < 1.29 is 14.8 Å². The smallest absolute Gasteiger partial charge is 0.311 e. The molecule has 1 fully saturated rings. The van der Waals surface area contributed by atoms with Crippen molar-refractivity contribution in [2.24, 2.45) is 5.41 Å². The number of aliphatic carboxylic acids is 1. The quantitative estimate of drug-likeness (QED) is 0.629. The fourth-order valence-corrected chi connectivity index (χ4v) is 2.35. The van der Waals surface area contributed by atoms with Crippen LogP contribution in [0.1, 0.15) is 24.8 Å². The zero-order valence-electron chi connectivity index (χ0n) is 10.7. The minimum absolute atomic E-state index is 0.0444. The maximum Gasteiger partial charge on any atom is 0.311 e. The standard InChI is InChI=1S/C13H16N2O4/c1-9-10(4-2-5-11(9)15(18)19)14-8-13(12(16)17)6-3-7-13/h2,4-5,14H,3,6-8H2,1H3,(H,16,17). The Hall–Kier alpha value is -2.11. The minimum Gasteiger partial charge on any atom is -0.481 e. The molecule has 2 rings (SSSR count). The molecule has 0 atom stereocenters. The number of anilines is 1. The number of hydrogen-bond acceptors (Lipinski definition) is 4. The molecule has 1 aliphatic carbocycles. The van der Waals surface area contributed by atoms with Crippen molar-refractivity contribution in [3.05, 3.63) is 33.9 Å². The number of nitro benzene ring substituents is 1. The van der Waals surface area contributed by atoms with Gasteiger partial charge in [-0.05, 0) is 25.8 Å². The zero-order chi connectivity index (χ0) is 14.0. The van der Waals surface area contributed by atoms with Gasteiger partial charge in [0.05, 0.1) is 10.3 Å². The highest BCUT2D eigenvalue weighted by atomic mass is 16.6. The maximum atomic E-state index is 11.2. The van der Waals surface area contributed by atoms with E-state index in [0.717, 1.165) is 6.42 Å². The van der Waals surface area contributed by atoms with Gasteiger partial charge in [-0.25, -0.2) is 0 Å². The summed E-state index contributed by atoms with van der Waals surface area (Å²) in [6.07, 6.45) is 2.23. The Bertz CT molecular complexity index is 523. The van der Waals surface area contributed by atoms with Crippen molar-refractivity contribution in [3.63, 3.8) is 0 Å². The third-order valence-corrected chi connectivity index (χ3v) is 3.88. The summed E-state index contributed by atoms with van der Waals surface area (Å²) in [5, 5.41) is 23.1. The summed E-state index contributed by atoms with van der Waals surface area (Å²) in [4.78, 5) is 21.6. The molecule has 0 amide bonds. The van der Waals surface area contributed by atoms with Gasteiger partial charge in [-0.15, -0.1) is 0 Å². The summed E-state index contributed by atoms with van der Waals surface area (Å²) >= 11 is 0. The van der Waals surface area contributed by atoms with E-state index in [1.54, 1.807) is 19.1 Å². The molecule has 1 aromatic carbocycles. The SMILES string of the molecule is Cc1c(NCC2(C(=O)O)CCC2)cccc1[N+](=O)[O-]. The van der Waals surface area contributed by atoms with Gasteiger partial charge in [0.1, 0.15) is 0 Å². The van der Waals surface area contributed by atoms with Gasteiger partial charge in [-0.2, -0.15) is 0 Å². The Morgan fingerprint density at radius 2 is 2.21 bits per heavy atom. The lowest BCUT2D eigenvalue weighted by Gasteiger charge is -2.38. The van der Waals surface area contributed by atoms with Crippen LogP contribution < -0.4 is 5.32 Å². The number of rotatable bonds is 5. The van der Waals surface area contributed by atoms with E-state index in [4.69, 9.17) is 0 Å². The molecule has 0 radical (unpaired) electrons. The highest BCUT2D eigenvalue weighted by molar-refractivity contribution is 5.77. The number of benzene rings is 1. The number of nitrogens with zero attached hydrogens (tertiary/aromatic N) is 1. The molecular weight excluding hydrogens is 248 g/mol. The third-order valence-electron chi connectivity index (χ3n) is 3.88. The van der Waals surface area contributed by atoms with E-state index in [1.165, 1.54) is 6.07 Å². The van der Waals surface area contributed by atoms with Crippen LogP contribution in [0.3, 0.4) is 0 Å². The summed E-state index contributed by atoms with van der Waals surface area (Å²) < 4.78 is 0. The van der Waals surface area contributed by atoms with Crippen molar-refractivity contribution in [1.82, 2.24) is 0 Å². The Morgan fingerprint density at radius 3 is 2.68 bits per heavy atom. The summed E-state index contributed by atoms with van der Waals surface area (Å²) in [5.41, 5.74) is 0.494. The molecule has 6 nitrogen and oxygen atoms in total. The second kappa shape index (κ2) is 4.87. The molecule has 0 heterocycles. The molecule has 0 aromatic heterocycles. The third kappa shape index (κ3) is 2.38. The van der Waals surface area contributed by atoms with E-state index in [1.807, 2.05) is 0 Å². The summed E-state index contributed by atoms with van der Waals surface area (Å²) in [5.74, 6) is -0.797. The van der Waals surface area contributed by atoms with Crippen LogP contribution in [-0.4, -0.2) is 22.5 Å². The second-order valence-corrected chi connectivity index (χ2v) is 5.00. The van der Waals surface area contributed by atoms with Crippen LogP contribution in [0.5, 0.6) is 0 Å². The average molecular weight is 264 g/mol. The monoisotopic (exact) mass is 264 g/mol. The van der Waals surface area contributed by atoms with E-state index in [2.05, 4.69) is 5.32 Å². The van der Waals surface area contributed by atoms with Gasteiger partial charge in [-0.3, -0.25) is 14.9 Å². The van der Waals surface area contributed by atoms with Crippen molar-refractivity contribution >= 4 is 17.3 Å².